The lowest BCUT2D eigenvalue weighted by atomic mass is 10.2. The average molecular weight is 248 g/mol. The number of fused-ring (bicyclic) bond motifs is 1. The summed E-state index contributed by atoms with van der Waals surface area (Å²) < 4.78 is 11.4. The Morgan fingerprint density at radius 1 is 1.50 bits per heavy atom. The van der Waals surface area contributed by atoms with E-state index < -0.39 is 6.10 Å². The van der Waals surface area contributed by atoms with E-state index in [4.69, 9.17) is 20.1 Å². The summed E-state index contributed by atoms with van der Waals surface area (Å²) in [5, 5.41) is 12.5. The van der Waals surface area contributed by atoms with Crippen LogP contribution < -0.4 is 10.5 Å². The summed E-state index contributed by atoms with van der Waals surface area (Å²) in [5.74, 6) is 1.45. The molecule has 5 nitrogen and oxygen atoms in total. The second-order valence-electron chi connectivity index (χ2n) is 3.99. The quantitative estimate of drug-likeness (QED) is 0.377. The van der Waals surface area contributed by atoms with Crippen LogP contribution in [0.3, 0.4) is 0 Å². The molecule has 2 aromatic rings. The number of amidine groups is 1. The standard InChI is InChI=1S/C13H16N2O3/c1-3-10-12(17-8(2)13(14)15-16)9-6-4-5-7-11(9)18-10/h4-8,16H,3H2,1-2H3,(H2,14,15). The van der Waals surface area contributed by atoms with Gasteiger partial charge in [-0.3, -0.25) is 0 Å². The van der Waals surface area contributed by atoms with Gasteiger partial charge in [0.15, 0.2) is 17.7 Å². The van der Waals surface area contributed by atoms with Crippen molar-refractivity contribution in [1.29, 1.82) is 0 Å². The van der Waals surface area contributed by atoms with E-state index in [1.807, 2.05) is 31.2 Å². The monoisotopic (exact) mass is 248 g/mol. The number of para-hydroxylation sites is 1. The molecule has 0 aliphatic rings. The molecule has 1 heterocycles. The maximum atomic E-state index is 8.63. The Morgan fingerprint density at radius 3 is 2.89 bits per heavy atom. The highest BCUT2D eigenvalue weighted by atomic mass is 16.5. The number of hydrogen-bond acceptors (Lipinski definition) is 4. The first-order chi connectivity index (χ1) is 8.67. The zero-order valence-electron chi connectivity index (χ0n) is 10.4. The van der Waals surface area contributed by atoms with Gasteiger partial charge in [-0.05, 0) is 19.1 Å². The van der Waals surface area contributed by atoms with Gasteiger partial charge in [-0.2, -0.15) is 0 Å². The number of benzene rings is 1. The largest absolute Gasteiger partial charge is 0.478 e. The summed E-state index contributed by atoms with van der Waals surface area (Å²) in [4.78, 5) is 0. The van der Waals surface area contributed by atoms with Crippen molar-refractivity contribution < 1.29 is 14.4 Å². The number of ether oxygens (including phenoxy) is 1. The smallest absolute Gasteiger partial charge is 0.180 e. The molecule has 5 heteroatoms. The van der Waals surface area contributed by atoms with E-state index >= 15 is 0 Å². The van der Waals surface area contributed by atoms with Crippen LogP contribution in [0.2, 0.25) is 0 Å². The van der Waals surface area contributed by atoms with Gasteiger partial charge in [-0.1, -0.05) is 24.2 Å². The van der Waals surface area contributed by atoms with E-state index in [1.165, 1.54) is 0 Å². The van der Waals surface area contributed by atoms with E-state index in [-0.39, 0.29) is 5.84 Å². The first-order valence-electron chi connectivity index (χ1n) is 5.81. The number of rotatable bonds is 4. The zero-order valence-corrected chi connectivity index (χ0v) is 10.4. The molecule has 1 aromatic carbocycles. The van der Waals surface area contributed by atoms with Crippen LogP contribution in [-0.4, -0.2) is 17.1 Å². The minimum Gasteiger partial charge on any atom is -0.478 e. The molecule has 0 radical (unpaired) electrons. The Labute approximate surface area is 105 Å². The van der Waals surface area contributed by atoms with Gasteiger partial charge in [0.2, 0.25) is 0 Å². The fourth-order valence-electron chi connectivity index (χ4n) is 1.75. The van der Waals surface area contributed by atoms with Gasteiger partial charge in [0.05, 0.1) is 5.39 Å². The third kappa shape index (κ3) is 2.11. The lowest BCUT2D eigenvalue weighted by molar-refractivity contribution is 0.262. The van der Waals surface area contributed by atoms with Gasteiger partial charge < -0.3 is 20.1 Å². The Kier molecular flexibility index (Phi) is 3.41. The third-order valence-corrected chi connectivity index (χ3v) is 2.77. The SMILES string of the molecule is CCc1oc2ccccc2c1OC(C)C(N)=NO. The predicted molar refractivity (Wildman–Crippen MR) is 69.1 cm³/mol. The molecule has 1 atom stereocenters. The number of nitrogens with two attached hydrogens (primary N) is 1. The fourth-order valence-corrected chi connectivity index (χ4v) is 1.75. The van der Waals surface area contributed by atoms with Crippen molar-refractivity contribution >= 4 is 16.8 Å². The highest BCUT2D eigenvalue weighted by molar-refractivity contribution is 5.87. The molecule has 2 rings (SSSR count). The first-order valence-corrected chi connectivity index (χ1v) is 5.81. The first kappa shape index (κ1) is 12.3. The van der Waals surface area contributed by atoms with Crippen molar-refractivity contribution in [2.24, 2.45) is 10.9 Å². The summed E-state index contributed by atoms with van der Waals surface area (Å²) in [7, 11) is 0. The predicted octanol–water partition coefficient (Wildman–Crippen LogP) is 2.51. The summed E-state index contributed by atoms with van der Waals surface area (Å²) in [5.41, 5.74) is 6.29. The van der Waals surface area contributed by atoms with Gasteiger partial charge in [-0.25, -0.2) is 0 Å². The molecular formula is C13H16N2O3. The lowest BCUT2D eigenvalue weighted by Gasteiger charge is -2.12. The number of furan rings is 1. The maximum absolute atomic E-state index is 8.63. The van der Waals surface area contributed by atoms with Gasteiger partial charge in [0, 0.05) is 6.42 Å². The highest BCUT2D eigenvalue weighted by Gasteiger charge is 2.18. The summed E-state index contributed by atoms with van der Waals surface area (Å²) in [6.45, 7) is 3.70. The Hall–Kier alpha value is -2.17. The molecule has 0 saturated heterocycles. The number of oxime groups is 1. The second kappa shape index (κ2) is 5.00. The van der Waals surface area contributed by atoms with Crippen molar-refractivity contribution in [3.05, 3.63) is 30.0 Å². The van der Waals surface area contributed by atoms with E-state index in [1.54, 1.807) is 6.92 Å². The van der Waals surface area contributed by atoms with Crippen molar-refractivity contribution in [2.75, 3.05) is 0 Å². The maximum Gasteiger partial charge on any atom is 0.180 e. The summed E-state index contributed by atoms with van der Waals surface area (Å²) in [6, 6.07) is 7.63. The molecule has 1 aromatic heterocycles. The van der Waals surface area contributed by atoms with Crippen LogP contribution in [0, 0.1) is 0 Å². The Balaban J connectivity index is 2.42. The molecule has 0 aliphatic carbocycles. The molecule has 0 bridgehead atoms. The van der Waals surface area contributed by atoms with E-state index in [0.717, 1.165) is 16.7 Å². The number of hydrogen-bond donors (Lipinski definition) is 2. The number of aryl methyl sites for hydroxylation is 1. The molecule has 0 aliphatic heterocycles. The normalized spacial score (nSPS) is 13.8. The van der Waals surface area contributed by atoms with Crippen LogP contribution in [0.1, 0.15) is 19.6 Å². The minimum absolute atomic E-state index is 0.0299. The summed E-state index contributed by atoms with van der Waals surface area (Å²) >= 11 is 0. The molecule has 18 heavy (non-hydrogen) atoms. The molecule has 96 valence electrons. The van der Waals surface area contributed by atoms with E-state index in [0.29, 0.717) is 12.2 Å². The molecule has 0 saturated carbocycles. The molecule has 0 fully saturated rings. The van der Waals surface area contributed by atoms with Crippen LogP contribution >= 0.6 is 0 Å². The molecular weight excluding hydrogens is 232 g/mol. The lowest BCUT2D eigenvalue weighted by Crippen LogP contribution is -2.31. The van der Waals surface area contributed by atoms with Crippen LogP contribution in [0.15, 0.2) is 33.8 Å². The average Bonchev–Trinajstić information content (AvgIpc) is 2.76. The summed E-state index contributed by atoms with van der Waals surface area (Å²) in [6.07, 6.45) is 0.203. The van der Waals surface area contributed by atoms with Crippen LogP contribution in [-0.2, 0) is 6.42 Å². The van der Waals surface area contributed by atoms with Crippen LogP contribution in [0.5, 0.6) is 5.75 Å². The minimum atomic E-state index is -0.513. The highest BCUT2D eigenvalue weighted by Crippen LogP contribution is 2.33. The molecule has 0 amide bonds. The Morgan fingerprint density at radius 2 is 2.22 bits per heavy atom. The van der Waals surface area contributed by atoms with E-state index in [2.05, 4.69) is 5.16 Å². The molecule has 3 N–H and O–H groups in total. The van der Waals surface area contributed by atoms with Gasteiger partial charge in [-0.15, -0.1) is 0 Å². The molecule has 1 unspecified atom stereocenters. The Bertz CT molecular complexity index is 575. The van der Waals surface area contributed by atoms with Crippen molar-refractivity contribution in [3.8, 4) is 5.75 Å². The third-order valence-electron chi connectivity index (χ3n) is 2.77. The van der Waals surface area contributed by atoms with Gasteiger partial charge >= 0.3 is 0 Å². The van der Waals surface area contributed by atoms with Gasteiger partial charge in [0.1, 0.15) is 11.3 Å². The van der Waals surface area contributed by atoms with E-state index in [9.17, 15) is 0 Å². The number of nitrogens with zero attached hydrogens (tertiary/aromatic N) is 1. The van der Waals surface area contributed by atoms with Crippen LogP contribution in [0.4, 0.5) is 0 Å². The van der Waals surface area contributed by atoms with Crippen molar-refractivity contribution in [1.82, 2.24) is 0 Å². The zero-order chi connectivity index (χ0) is 13.1. The second-order valence-corrected chi connectivity index (χ2v) is 3.99. The van der Waals surface area contributed by atoms with Crippen molar-refractivity contribution in [2.45, 2.75) is 26.4 Å². The molecule has 0 spiro atoms. The topological polar surface area (TPSA) is 81.0 Å². The van der Waals surface area contributed by atoms with Crippen LogP contribution in [0.25, 0.3) is 11.0 Å². The van der Waals surface area contributed by atoms with Crippen molar-refractivity contribution in [3.63, 3.8) is 0 Å². The fraction of sp³-hybridized carbons (Fsp3) is 0.308. The van der Waals surface area contributed by atoms with Gasteiger partial charge in [0.25, 0.3) is 0 Å².